The van der Waals surface area contributed by atoms with Crippen molar-refractivity contribution in [2.45, 2.75) is 52.0 Å². The molecule has 0 heterocycles. The van der Waals surface area contributed by atoms with Crippen molar-refractivity contribution >= 4 is 0 Å². The van der Waals surface area contributed by atoms with E-state index in [-0.39, 0.29) is 0 Å². The minimum Gasteiger partial charge on any atom is -0.383 e. The molecule has 86 valence electrons. The molecule has 14 heavy (non-hydrogen) atoms. The van der Waals surface area contributed by atoms with Crippen molar-refractivity contribution in [3.05, 3.63) is 0 Å². The van der Waals surface area contributed by atoms with Crippen LogP contribution < -0.4 is 0 Å². The highest BCUT2D eigenvalue weighted by Gasteiger charge is 2.16. The number of likely N-dealkylation sites (N-methyl/N-ethyl adjacent to an activating group) is 1. The van der Waals surface area contributed by atoms with Crippen LogP contribution in [0.1, 0.15) is 46.0 Å². The Morgan fingerprint density at radius 3 is 2.21 bits per heavy atom. The average molecular weight is 201 g/mol. The predicted octanol–water partition coefficient (Wildman–Crippen LogP) is 2.92. The maximum Gasteiger partial charge on any atom is 0.0589 e. The zero-order valence-corrected chi connectivity index (χ0v) is 10.4. The number of rotatable bonds is 4. The van der Waals surface area contributed by atoms with E-state index in [4.69, 9.17) is 4.74 Å². The van der Waals surface area contributed by atoms with E-state index in [1.54, 1.807) is 7.11 Å². The number of hydrogen-bond donors (Lipinski definition) is 0. The molecular weight excluding hydrogens is 174 g/mol. The molecule has 0 saturated heterocycles. The molecule has 1 rings (SSSR count). The van der Waals surface area contributed by atoms with Crippen LogP contribution in [0, 0.1) is 0 Å². The van der Waals surface area contributed by atoms with Crippen molar-refractivity contribution in [1.29, 1.82) is 0 Å². The molecule has 0 N–H and O–H groups in total. The lowest BCUT2D eigenvalue weighted by atomic mass is 9.94. The third kappa shape index (κ3) is 5.61. The summed E-state index contributed by atoms with van der Waals surface area (Å²) in [5.41, 5.74) is 0. The molecule has 0 amide bonds. The molecule has 1 aliphatic carbocycles. The van der Waals surface area contributed by atoms with Gasteiger partial charge >= 0.3 is 0 Å². The lowest BCUT2D eigenvalue weighted by molar-refractivity contribution is 0.123. The van der Waals surface area contributed by atoms with Crippen LogP contribution >= 0.6 is 0 Å². The van der Waals surface area contributed by atoms with Crippen molar-refractivity contribution in [3.63, 3.8) is 0 Å². The first-order valence-corrected chi connectivity index (χ1v) is 6.04. The monoisotopic (exact) mass is 201 g/mol. The molecular formula is C12H27NO. The van der Waals surface area contributed by atoms with Gasteiger partial charge in [0, 0.05) is 19.7 Å². The quantitative estimate of drug-likeness (QED) is 0.693. The van der Waals surface area contributed by atoms with Crippen LogP contribution in [0.5, 0.6) is 0 Å². The van der Waals surface area contributed by atoms with Crippen molar-refractivity contribution in [2.24, 2.45) is 0 Å². The highest BCUT2D eigenvalue weighted by atomic mass is 16.5. The maximum absolute atomic E-state index is 5.06. The van der Waals surface area contributed by atoms with Gasteiger partial charge in [0.15, 0.2) is 0 Å². The van der Waals surface area contributed by atoms with Crippen molar-refractivity contribution in [2.75, 3.05) is 27.3 Å². The lowest BCUT2D eigenvalue weighted by Gasteiger charge is -2.30. The first-order valence-electron chi connectivity index (χ1n) is 6.04. The van der Waals surface area contributed by atoms with Crippen LogP contribution in [-0.2, 0) is 4.74 Å². The van der Waals surface area contributed by atoms with Crippen molar-refractivity contribution in [3.8, 4) is 0 Å². The van der Waals surface area contributed by atoms with E-state index < -0.39 is 0 Å². The molecule has 0 aliphatic heterocycles. The van der Waals surface area contributed by atoms with Gasteiger partial charge in [-0.2, -0.15) is 0 Å². The van der Waals surface area contributed by atoms with Gasteiger partial charge in [-0.25, -0.2) is 0 Å². The van der Waals surface area contributed by atoms with E-state index in [1.165, 1.54) is 32.1 Å². The molecule has 1 aliphatic rings. The van der Waals surface area contributed by atoms with E-state index in [9.17, 15) is 0 Å². The molecule has 0 radical (unpaired) electrons. The Morgan fingerprint density at radius 1 is 1.14 bits per heavy atom. The van der Waals surface area contributed by atoms with Crippen LogP contribution in [0.15, 0.2) is 0 Å². The largest absolute Gasteiger partial charge is 0.383 e. The van der Waals surface area contributed by atoms with E-state index in [1.807, 2.05) is 13.8 Å². The van der Waals surface area contributed by atoms with E-state index in [0.29, 0.717) is 0 Å². The highest BCUT2D eigenvalue weighted by molar-refractivity contribution is 4.72. The lowest BCUT2D eigenvalue weighted by Crippen LogP contribution is -2.35. The fourth-order valence-corrected chi connectivity index (χ4v) is 1.94. The number of nitrogens with zero attached hydrogens (tertiary/aromatic N) is 1. The van der Waals surface area contributed by atoms with Crippen molar-refractivity contribution < 1.29 is 4.74 Å². The third-order valence-electron chi connectivity index (χ3n) is 2.85. The smallest absolute Gasteiger partial charge is 0.0589 e. The van der Waals surface area contributed by atoms with Gasteiger partial charge in [-0.05, 0) is 19.9 Å². The Labute approximate surface area is 89.6 Å². The van der Waals surface area contributed by atoms with Gasteiger partial charge in [-0.3, -0.25) is 0 Å². The maximum atomic E-state index is 5.06. The molecule has 0 bridgehead atoms. The highest BCUT2D eigenvalue weighted by Crippen LogP contribution is 2.21. The molecule has 1 saturated carbocycles. The molecule has 2 heteroatoms. The van der Waals surface area contributed by atoms with Crippen LogP contribution in [0.25, 0.3) is 0 Å². The summed E-state index contributed by atoms with van der Waals surface area (Å²) in [6, 6.07) is 0.828. The van der Waals surface area contributed by atoms with Gasteiger partial charge in [-0.15, -0.1) is 0 Å². The molecule has 0 atom stereocenters. The van der Waals surface area contributed by atoms with Gasteiger partial charge < -0.3 is 9.64 Å². The van der Waals surface area contributed by atoms with Gasteiger partial charge in [-0.1, -0.05) is 33.1 Å². The van der Waals surface area contributed by atoms with Crippen LogP contribution in [0.4, 0.5) is 0 Å². The van der Waals surface area contributed by atoms with E-state index in [2.05, 4.69) is 11.9 Å². The van der Waals surface area contributed by atoms with Crippen LogP contribution in [0.2, 0.25) is 0 Å². The summed E-state index contributed by atoms with van der Waals surface area (Å²) in [5.74, 6) is 0. The summed E-state index contributed by atoms with van der Waals surface area (Å²) in [4.78, 5) is 2.45. The number of ether oxygens (including phenoxy) is 1. The summed E-state index contributed by atoms with van der Waals surface area (Å²) >= 11 is 0. The number of hydrogen-bond acceptors (Lipinski definition) is 2. The van der Waals surface area contributed by atoms with Gasteiger partial charge in [0.05, 0.1) is 6.61 Å². The first-order chi connectivity index (χ1) is 6.84. The first kappa shape index (κ1) is 13.9. The normalized spacial score (nSPS) is 17.8. The van der Waals surface area contributed by atoms with Gasteiger partial charge in [0.1, 0.15) is 0 Å². The zero-order valence-electron chi connectivity index (χ0n) is 10.4. The molecule has 1 fully saturated rings. The average Bonchev–Trinajstić information content (AvgIpc) is 2.30. The Bertz CT molecular complexity index is 111. The Morgan fingerprint density at radius 2 is 1.71 bits per heavy atom. The minimum atomic E-state index is 0.828. The minimum absolute atomic E-state index is 0.828. The third-order valence-corrected chi connectivity index (χ3v) is 2.85. The predicted molar refractivity (Wildman–Crippen MR) is 62.7 cm³/mol. The Hall–Kier alpha value is -0.0800. The Kier molecular flexibility index (Phi) is 9.42. The molecule has 0 aromatic rings. The summed E-state index contributed by atoms with van der Waals surface area (Å²) in [7, 11) is 3.99. The second-order valence-electron chi connectivity index (χ2n) is 3.77. The van der Waals surface area contributed by atoms with E-state index in [0.717, 1.165) is 19.2 Å². The summed E-state index contributed by atoms with van der Waals surface area (Å²) in [6.07, 6.45) is 7.05. The van der Waals surface area contributed by atoms with Crippen LogP contribution in [-0.4, -0.2) is 38.3 Å². The second-order valence-corrected chi connectivity index (χ2v) is 3.77. The molecule has 0 spiro atoms. The summed E-state index contributed by atoms with van der Waals surface area (Å²) in [5, 5.41) is 0. The number of methoxy groups -OCH3 is 1. The topological polar surface area (TPSA) is 12.5 Å². The van der Waals surface area contributed by atoms with Gasteiger partial charge in [0.2, 0.25) is 0 Å². The summed E-state index contributed by atoms with van der Waals surface area (Å²) < 4.78 is 5.06. The SMILES string of the molecule is CC.COCCN(C)C1CCCCC1. The van der Waals surface area contributed by atoms with E-state index >= 15 is 0 Å². The molecule has 2 nitrogen and oxygen atoms in total. The fourth-order valence-electron chi connectivity index (χ4n) is 1.94. The van der Waals surface area contributed by atoms with Gasteiger partial charge in [0.25, 0.3) is 0 Å². The van der Waals surface area contributed by atoms with Crippen LogP contribution in [0.3, 0.4) is 0 Å². The molecule has 0 aromatic heterocycles. The Balaban J connectivity index is 0.000000791. The van der Waals surface area contributed by atoms with Crippen molar-refractivity contribution in [1.82, 2.24) is 4.90 Å². The molecule has 0 unspecified atom stereocenters. The summed E-state index contributed by atoms with van der Waals surface area (Å²) in [6.45, 7) is 5.95. The zero-order chi connectivity index (χ0) is 10.8. The fraction of sp³-hybridized carbons (Fsp3) is 1.00. The second kappa shape index (κ2) is 9.47. The standard InChI is InChI=1S/C10H21NO.C2H6/c1-11(8-9-12-2)10-6-4-3-5-7-10;1-2/h10H,3-9H2,1-2H3;1-2H3. The molecule has 0 aromatic carbocycles.